The van der Waals surface area contributed by atoms with Crippen LogP contribution < -0.4 is 5.32 Å². The largest absolute Gasteiger partial charge is 0.372 e. The summed E-state index contributed by atoms with van der Waals surface area (Å²) in [7, 11) is 0. The van der Waals surface area contributed by atoms with Crippen molar-refractivity contribution in [1.29, 1.82) is 0 Å². The van der Waals surface area contributed by atoms with Crippen molar-refractivity contribution in [2.75, 3.05) is 19.6 Å². The van der Waals surface area contributed by atoms with Gasteiger partial charge in [-0.1, -0.05) is 24.8 Å². The standard InChI is InChI=1S/C18H21FN2O3S/c1-2-5-14(19)6-3-11-21-12-9-18(24,17(21)23)16(22)20-10-8-15-7-4-13-25-15/h2-7,13,24H,1,8-12H2,(H,20,22)/b6-3-,14-5+/t18-/m0/s1. The highest BCUT2D eigenvalue weighted by molar-refractivity contribution is 7.09. The Labute approximate surface area is 150 Å². The molecular formula is C18H21FN2O3S. The van der Waals surface area contributed by atoms with E-state index in [4.69, 9.17) is 0 Å². The van der Waals surface area contributed by atoms with Crippen LogP contribution in [-0.4, -0.2) is 47.1 Å². The van der Waals surface area contributed by atoms with Crippen molar-refractivity contribution >= 4 is 23.2 Å². The summed E-state index contributed by atoms with van der Waals surface area (Å²) in [5.74, 6) is -1.82. The molecular weight excluding hydrogens is 343 g/mol. The maximum absolute atomic E-state index is 13.2. The van der Waals surface area contributed by atoms with Gasteiger partial charge in [-0.3, -0.25) is 9.59 Å². The first-order chi connectivity index (χ1) is 12.0. The van der Waals surface area contributed by atoms with Crippen LogP contribution in [0.5, 0.6) is 0 Å². The smallest absolute Gasteiger partial charge is 0.264 e. The SMILES string of the molecule is C=C/C=C(F)\C=C/CN1CC[C@](O)(C(=O)NCCc2cccs2)C1=O. The molecule has 1 aromatic rings. The number of rotatable bonds is 8. The molecule has 1 aromatic heterocycles. The highest BCUT2D eigenvalue weighted by atomic mass is 32.1. The summed E-state index contributed by atoms with van der Waals surface area (Å²) in [6, 6.07) is 3.88. The quantitative estimate of drug-likeness (QED) is 0.547. The highest BCUT2D eigenvalue weighted by Crippen LogP contribution is 2.23. The molecule has 2 heterocycles. The maximum atomic E-state index is 13.2. The highest BCUT2D eigenvalue weighted by Gasteiger charge is 2.50. The van der Waals surface area contributed by atoms with Gasteiger partial charge in [0.05, 0.1) is 0 Å². The molecule has 2 amide bonds. The average Bonchev–Trinajstić information content (AvgIpc) is 3.19. The number of allylic oxidation sites excluding steroid dienone is 4. The van der Waals surface area contributed by atoms with Crippen molar-refractivity contribution in [3.8, 4) is 0 Å². The molecule has 5 nitrogen and oxygen atoms in total. The summed E-state index contributed by atoms with van der Waals surface area (Å²) in [6.45, 7) is 4.11. The van der Waals surface area contributed by atoms with E-state index in [1.54, 1.807) is 11.3 Å². The Morgan fingerprint density at radius 3 is 3.04 bits per heavy atom. The second-order valence-corrected chi connectivity index (χ2v) is 6.67. The van der Waals surface area contributed by atoms with Gasteiger partial charge in [-0.25, -0.2) is 4.39 Å². The Kier molecular flexibility index (Phi) is 6.66. The Morgan fingerprint density at radius 2 is 2.36 bits per heavy atom. The first-order valence-electron chi connectivity index (χ1n) is 7.94. The topological polar surface area (TPSA) is 69.6 Å². The lowest BCUT2D eigenvalue weighted by molar-refractivity contribution is -0.154. The van der Waals surface area contributed by atoms with Gasteiger partial charge in [0.1, 0.15) is 5.83 Å². The third-order valence-corrected chi connectivity index (χ3v) is 4.81. The molecule has 0 bridgehead atoms. The minimum atomic E-state index is -2.04. The molecule has 0 aliphatic carbocycles. The van der Waals surface area contributed by atoms with E-state index in [9.17, 15) is 19.1 Å². The molecule has 0 aromatic carbocycles. The summed E-state index contributed by atoms with van der Waals surface area (Å²) in [4.78, 5) is 27.0. The minimum absolute atomic E-state index is 0.0233. The molecule has 25 heavy (non-hydrogen) atoms. The Balaban J connectivity index is 1.86. The number of hydrogen-bond donors (Lipinski definition) is 2. The lowest BCUT2D eigenvalue weighted by atomic mass is 10.0. The summed E-state index contributed by atoms with van der Waals surface area (Å²) in [5.41, 5.74) is -2.04. The molecule has 1 atom stereocenters. The number of carbonyl (C=O) groups is 2. The zero-order chi connectivity index (χ0) is 18.3. The molecule has 1 aliphatic heterocycles. The van der Waals surface area contributed by atoms with Crippen molar-refractivity contribution in [1.82, 2.24) is 10.2 Å². The molecule has 1 fully saturated rings. The number of nitrogens with one attached hydrogen (secondary N) is 1. The minimum Gasteiger partial charge on any atom is -0.372 e. The number of nitrogens with zero attached hydrogens (tertiary/aromatic N) is 1. The van der Waals surface area contributed by atoms with Crippen LogP contribution in [-0.2, 0) is 16.0 Å². The molecule has 0 unspecified atom stereocenters. The number of amides is 2. The molecule has 0 saturated carbocycles. The van der Waals surface area contributed by atoms with E-state index >= 15 is 0 Å². The first-order valence-corrected chi connectivity index (χ1v) is 8.82. The number of halogens is 1. The van der Waals surface area contributed by atoms with Gasteiger partial charge in [-0.15, -0.1) is 11.3 Å². The van der Waals surface area contributed by atoms with E-state index in [0.717, 1.165) is 4.88 Å². The van der Waals surface area contributed by atoms with Crippen LogP contribution in [0.3, 0.4) is 0 Å². The Bertz CT molecular complexity index is 685. The van der Waals surface area contributed by atoms with Gasteiger partial charge >= 0.3 is 0 Å². The van der Waals surface area contributed by atoms with Crippen LogP contribution in [0.1, 0.15) is 11.3 Å². The van der Waals surface area contributed by atoms with Crippen LogP contribution in [0, 0.1) is 0 Å². The lowest BCUT2D eigenvalue weighted by Gasteiger charge is -2.20. The van der Waals surface area contributed by atoms with Gasteiger partial charge in [0.15, 0.2) is 0 Å². The fourth-order valence-electron chi connectivity index (χ4n) is 2.51. The summed E-state index contributed by atoms with van der Waals surface area (Å²) >= 11 is 1.58. The predicted molar refractivity (Wildman–Crippen MR) is 95.7 cm³/mol. The molecule has 1 aliphatic rings. The van der Waals surface area contributed by atoms with Gasteiger partial charge in [-0.05, 0) is 30.0 Å². The zero-order valence-electron chi connectivity index (χ0n) is 13.8. The number of thiophene rings is 1. The fraction of sp³-hybridized carbons (Fsp3) is 0.333. The second-order valence-electron chi connectivity index (χ2n) is 5.64. The first kappa shape index (κ1) is 19.1. The zero-order valence-corrected chi connectivity index (χ0v) is 14.6. The van der Waals surface area contributed by atoms with Crippen LogP contribution in [0.15, 0.2) is 54.2 Å². The summed E-state index contributed by atoms with van der Waals surface area (Å²) in [6.07, 6.45) is 5.87. The molecule has 134 valence electrons. The normalized spacial score (nSPS) is 21.1. The van der Waals surface area contributed by atoms with E-state index in [0.29, 0.717) is 13.0 Å². The van der Waals surface area contributed by atoms with Crippen molar-refractivity contribution < 1.29 is 19.1 Å². The van der Waals surface area contributed by atoms with Gasteiger partial charge in [0.2, 0.25) is 5.60 Å². The predicted octanol–water partition coefficient (Wildman–Crippen LogP) is 1.97. The van der Waals surface area contributed by atoms with E-state index in [1.165, 1.54) is 29.2 Å². The second kappa shape index (κ2) is 8.73. The van der Waals surface area contributed by atoms with E-state index < -0.39 is 23.2 Å². The van der Waals surface area contributed by atoms with Crippen molar-refractivity contribution in [3.63, 3.8) is 0 Å². The number of aliphatic hydroxyl groups is 1. The number of carbonyl (C=O) groups excluding carboxylic acids is 2. The molecule has 7 heteroatoms. The van der Waals surface area contributed by atoms with E-state index in [1.807, 2.05) is 17.5 Å². The molecule has 0 spiro atoms. The molecule has 1 saturated heterocycles. The van der Waals surface area contributed by atoms with Crippen LogP contribution in [0.4, 0.5) is 4.39 Å². The van der Waals surface area contributed by atoms with E-state index in [2.05, 4.69) is 11.9 Å². The molecule has 2 rings (SSSR count). The van der Waals surface area contributed by atoms with Crippen molar-refractivity contribution in [2.45, 2.75) is 18.4 Å². The number of hydrogen-bond acceptors (Lipinski definition) is 4. The number of likely N-dealkylation sites (tertiary alicyclic amines) is 1. The van der Waals surface area contributed by atoms with Gasteiger partial charge in [-0.2, -0.15) is 0 Å². The molecule has 0 radical (unpaired) electrons. The van der Waals surface area contributed by atoms with Gasteiger partial charge in [0.25, 0.3) is 11.8 Å². The van der Waals surface area contributed by atoms with Crippen LogP contribution in [0.25, 0.3) is 0 Å². The Morgan fingerprint density at radius 1 is 1.56 bits per heavy atom. The monoisotopic (exact) mass is 364 g/mol. The van der Waals surface area contributed by atoms with Crippen LogP contribution >= 0.6 is 11.3 Å². The summed E-state index contributed by atoms with van der Waals surface area (Å²) < 4.78 is 13.2. The van der Waals surface area contributed by atoms with Crippen molar-refractivity contribution in [3.05, 3.63) is 59.1 Å². The van der Waals surface area contributed by atoms with E-state index in [-0.39, 0.29) is 19.5 Å². The molecule has 2 N–H and O–H groups in total. The maximum Gasteiger partial charge on any atom is 0.264 e. The van der Waals surface area contributed by atoms with Crippen LogP contribution in [0.2, 0.25) is 0 Å². The van der Waals surface area contributed by atoms with Gasteiger partial charge < -0.3 is 15.3 Å². The lowest BCUT2D eigenvalue weighted by Crippen LogP contribution is -2.52. The summed E-state index contributed by atoms with van der Waals surface area (Å²) in [5, 5.41) is 15.0. The van der Waals surface area contributed by atoms with Crippen molar-refractivity contribution in [2.24, 2.45) is 0 Å². The van der Waals surface area contributed by atoms with Gasteiger partial charge in [0, 0.05) is 30.9 Å². The Hall–Kier alpha value is -2.25. The third kappa shape index (κ3) is 4.87. The fourth-order valence-corrected chi connectivity index (χ4v) is 3.22. The average molecular weight is 364 g/mol. The third-order valence-electron chi connectivity index (χ3n) is 3.88.